The molecule has 0 saturated carbocycles. The standard InChI is InChI=1S/C20H30FN3O3Si/c1-14-9-15-11-22-24(13-27-7-8-28(2,3)4)19(15)10-17(14)16-5-6-23(20(25)26)12-18(16)21/h9-11,16,18H,5-8,12-13H2,1-4H3,(H,25,26). The summed E-state index contributed by atoms with van der Waals surface area (Å²) in [5.41, 5.74) is 2.89. The molecule has 0 bridgehead atoms. The molecular weight excluding hydrogens is 377 g/mol. The molecule has 2 heterocycles. The summed E-state index contributed by atoms with van der Waals surface area (Å²) in [6, 6.07) is 5.14. The number of alkyl halides is 1. The lowest BCUT2D eigenvalue weighted by Gasteiger charge is -2.34. The van der Waals surface area contributed by atoms with Gasteiger partial charge in [0.25, 0.3) is 0 Å². The van der Waals surface area contributed by atoms with Gasteiger partial charge in [-0.25, -0.2) is 13.9 Å². The summed E-state index contributed by atoms with van der Waals surface area (Å²) < 4.78 is 22.4. The van der Waals surface area contributed by atoms with Gasteiger partial charge in [-0.3, -0.25) is 0 Å². The molecule has 1 aromatic heterocycles. The zero-order chi connectivity index (χ0) is 20.5. The van der Waals surface area contributed by atoms with Crippen molar-refractivity contribution in [3.63, 3.8) is 0 Å². The summed E-state index contributed by atoms with van der Waals surface area (Å²) >= 11 is 0. The van der Waals surface area contributed by atoms with Gasteiger partial charge in [0.15, 0.2) is 0 Å². The summed E-state index contributed by atoms with van der Waals surface area (Å²) in [4.78, 5) is 12.3. The molecule has 154 valence electrons. The normalized spacial score (nSPS) is 20.7. The maximum atomic E-state index is 14.8. The largest absolute Gasteiger partial charge is 0.465 e. The van der Waals surface area contributed by atoms with Crippen molar-refractivity contribution in [1.82, 2.24) is 14.7 Å². The van der Waals surface area contributed by atoms with E-state index in [0.29, 0.717) is 19.7 Å². The molecular formula is C20H30FN3O3Si. The Balaban J connectivity index is 1.77. The van der Waals surface area contributed by atoms with Crippen molar-refractivity contribution in [3.05, 3.63) is 29.5 Å². The molecule has 0 radical (unpaired) electrons. The predicted molar refractivity (Wildman–Crippen MR) is 110 cm³/mol. The smallest absolute Gasteiger partial charge is 0.407 e. The van der Waals surface area contributed by atoms with Crippen LogP contribution in [0.1, 0.15) is 23.5 Å². The van der Waals surface area contributed by atoms with Crippen LogP contribution in [0.3, 0.4) is 0 Å². The van der Waals surface area contributed by atoms with Crippen molar-refractivity contribution in [2.75, 3.05) is 19.7 Å². The van der Waals surface area contributed by atoms with Crippen LogP contribution in [0.5, 0.6) is 0 Å². The second-order valence-corrected chi connectivity index (χ2v) is 14.5. The number of hydrogen-bond acceptors (Lipinski definition) is 3. The fourth-order valence-corrected chi connectivity index (χ4v) is 4.47. The number of nitrogens with zero attached hydrogens (tertiary/aromatic N) is 3. The Morgan fingerprint density at radius 3 is 2.79 bits per heavy atom. The van der Waals surface area contributed by atoms with E-state index in [0.717, 1.165) is 39.6 Å². The number of halogens is 1. The summed E-state index contributed by atoms with van der Waals surface area (Å²) in [5.74, 6) is -0.295. The number of benzene rings is 1. The summed E-state index contributed by atoms with van der Waals surface area (Å²) in [7, 11) is -1.14. The molecule has 1 aliphatic heterocycles. The number of aryl methyl sites for hydroxylation is 1. The molecule has 28 heavy (non-hydrogen) atoms. The highest BCUT2D eigenvalue weighted by molar-refractivity contribution is 6.76. The Hall–Kier alpha value is -1.93. The second-order valence-electron chi connectivity index (χ2n) is 8.90. The van der Waals surface area contributed by atoms with E-state index in [1.54, 1.807) is 0 Å². The Kier molecular flexibility index (Phi) is 6.09. The average molecular weight is 408 g/mol. The lowest BCUT2D eigenvalue weighted by molar-refractivity contribution is 0.0816. The van der Waals surface area contributed by atoms with Crippen molar-refractivity contribution in [2.45, 2.75) is 57.9 Å². The first kappa shape index (κ1) is 20.8. The van der Waals surface area contributed by atoms with E-state index >= 15 is 0 Å². The number of hydrogen-bond donors (Lipinski definition) is 1. The van der Waals surface area contributed by atoms with E-state index in [1.807, 2.05) is 29.9 Å². The van der Waals surface area contributed by atoms with E-state index in [9.17, 15) is 9.18 Å². The third-order valence-electron chi connectivity index (χ3n) is 5.45. The van der Waals surface area contributed by atoms with Crippen LogP contribution in [0.25, 0.3) is 10.9 Å². The highest BCUT2D eigenvalue weighted by Gasteiger charge is 2.33. The minimum absolute atomic E-state index is 0.0729. The number of piperidine rings is 1. The van der Waals surface area contributed by atoms with Crippen LogP contribution in [-0.2, 0) is 11.5 Å². The number of fused-ring (bicyclic) bond motifs is 1. The molecule has 2 aromatic rings. The van der Waals surface area contributed by atoms with Gasteiger partial charge in [-0.2, -0.15) is 5.10 Å². The van der Waals surface area contributed by atoms with Gasteiger partial charge in [-0.15, -0.1) is 0 Å². The monoisotopic (exact) mass is 407 g/mol. The van der Waals surface area contributed by atoms with Crippen molar-refractivity contribution in [1.29, 1.82) is 0 Å². The number of likely N-dealkylation sites (tertiary alicyclic amines) is 1. The molecule has 1 aliphatic rings. The molecule has 1 N–H and O–H groups in total. The molecule has 1 aromatic carbocycles. The van der Waals surface area contributed by atoms with E-state index in [-0.39, 0.29) is 12.5 Å². The lowest BCUT2D eigenvalue weighted by atomic mass is 9.85. The molecule has 8 heteroatoms. The predicted octanol–water partition coefficient (Wildman–Crippen LogP) is 4.46. The molecule has 6 nitrogen and oxygen atoms in total. The molecule has 2 atom stereocenters. The van der Waals surface area contributed by atoms with Gasteiger partial charge in [0.2, 0.25) is 0 Å². The highest BCUT2D eigenvalue weighted by Crippen LogP contribution is 2.34. The van der Waals surface area contributed by atoms with Gasteiger partial charge in [-0.1, -0.05) is 19.6 Å². The third-order valence-corrected chi connectivity index (χ3v) is 7.16. The Labute approximate surface area is 166 Å². The fraction of sp³-hybridized carbons (Fsp3) is 0.600. The molecule has 1 amide bonds. The minimum Gasteiger partial charge on any atom is -0.465 e. The van der Waals surface area contributed by atoms with E-state index in [4.69, 9.17) is 9.84 Å². The molecule has 3 rings (SSSR count). The van der Waals surface area contributed by atoms with Gasteiger partial charge in [-0.05, 0) is 42.6 Å². The topological polar surface area (TPSA) is 67.6 Å². The second kappa shape index (κ2) is 8.20. The van der Waals surface area contributed by atoms with Crippen LogP contribution in [0.4, 0.5) is 9.18 Å². The number of carboxylic acid groups (broad SMARTS) is 1. The van der Waals surface area contributed by atoms with E-state index in [1.165, 1.54) is 0 Å². The Bertz CT molecular complexity index is 849. The first-order valence-corrected chi connectivity index (χ1v) is 13.5. The van der Waals surface area contributed by atoms with Crippen LogP contribution in [0.2, 0.25) is 25.7 Å². The van der Waals surface area contributed by atoms with Crippen LogP contribution in [0.15, 0.2) is 18.3 Å². The average Bonchev–Trinajstić information content (AvgIpc) is 2.99. The molecule has 0 aliphatic carbocycles. The van der Waals surface area contributed by atoms with E-state index < -0.39 is 20.3 Å². The number of rotatable bonds is 6. The van der Waals surface area contributed by atoms with Crippen LogP contribution < -0.4 is 0 Å². The number of aromatic nitrogens is 2. The van der Waals surface area contributed by atoms with Crippen molar-refractivity contribution < 1.29 is 19.0 Å². The zero-order valence-electron chi connectivity index (χ0n) is 17.1. The first-order valence-electron chi connectivity index (χ1n) is 9.81. The molecule has 1 fully saturated rings. The summed E-state index contributed by atoms with van der Waals surface area (Å²) in [5, 5.41) is 14.5. The Morgan fingerprint density at radius 2 is 2.14 bits per heavy atom. The van der Waals surface area contributed by atoms with Crippen molar-refractivity contribution >= 4 is 25.1 Å². The quantitative estimate of drug-likeness (QED) is 0.567. The fourth-order valence-electron chi connectivity index (χ4n) is 3.72. The van der Waals surface area contributed by atoms with Gasteiger partial charge in [0.05, 0.1) is 18.3 Å². The van der Waals surface area contributed by atoms with Crippen LogP contribution >= 0.6 is 0 Å². The van der Waals surface area contributed by atoms with Gasteiger partial charge < -0.3 is 14.7 Å². The highest BCUT2D eigenvalue weighted by atomic mass is 28.3. The molecule has 2 unspecified atom stereocenters. The number of carbonyl (C=O) groups is 1. The summed E-state index contributed by atoms with van der Waals surface area (Å²) in [6.07, 6.45) is 0.0430. The van der Waals surface area contributed by atoms with Gasteiger partial charge >= 0.3 is 6.09 Å². The summed E-state index contributed by atoms with van der Waals surface area (Å²) in [6.45, 7) is 10.3. The van der Waals surface area contributed by atoms with Crippen LogP contribution in [0, 0.1) is 6.92 Å². The SMILES string of the molecule is Cc1cc2cnn(COCC[Si](C)(C)C)c2cc1C1CCN(C(=O)O)CC1F. The van der Waals surface area contributed by atoms with Gasteiger partial charge in [0.1, 0.15) is 12.9 Å². The van der Waals surface area contributed by atoms with E-state index in [2.05, 4.69) is 24.7 Å². The van der Waals surface area contributed by atoms with Crippen molar-refractivity contribution in [2.24, 2.45) is 0 Å². The maximum absolute atomic E-state index is 14.8. The van der Waals surface area contributed by atoms with Gasteiger partial charge in [0, 0.05) is 32.5 Å². The zero-order valence-corrected chi connectivity index (χ0v) is 18.1. The van der Waals surface area contributed by atoms with Crippen LogP contribution in [-0.4, -0.2) is 59.8 Å². The minimum atomic E-state index is -1.20. The lowest BCUT2D eigenvalue weighted by Crippen LogP contribution is -2.43. The number of amides is 1. The van der Waals surface area contributed by atoms with Crippen molar-refractivity contribution in [3.8, 4) is 0 Å². The first-order chi connectivity index (χ1) is 13.2. The Morgan fingerprint density at radius 1 is 1.39 bits per heavy atom. The molecule has 1 saturated heterocycles. The third kappa shape index (κ3) is 4.72. The molecule has 0 spiro atoms. The number of ether oxygens (including phenoxy) is 1. The maximum Gasteiger partial charge on any atom is 0.407 e.